The van der Waals surface area contributed by atoms with E-state index in [0.29, 0.717) is 26.1 Å². The van der Waals surface area contributed by atoms with Crippen LogP contribution in [0.1, 0.15) is 61.3 Å². The molecule has 0 radical (unpaired) electrons. The Bertz CT molecular complexity index is 791. The van der Waals surface area contributed by atoms with Crippen molar-refractivity contribution in [3.8, 4) is 0 Å². The highest BCUT2D eigenvalue weighted by molar-refractivity contribution is 8.14. The molecule has 0 aliphatic carbocycles. The average Bonchev–Trinajstić information content (AvgIpc) is 3.20. The average molecular weight is 515 g/mol. The summed E-state index contributed by atoms with van der Waals surface area (Å²) in [6.45, 7) is 14.2. The maximum Gasteiger partial charge on any atom is 0.410 e. The normalized spacial score (nSPS) is 21.6. The summed E-state index contributed by atoms with van der Waals surface area (Å²) < 4.78 is 32.5. The third kappa shape index (κ3) is 11.1. The molecule has 1 unspecified atom stereocenters. The minimum Gasteiger partial charge on any atom is -0.444 e. The van der Waals surface area contributed by atoms with Crippen molar-refractivity contribution in [2.24, 2.45) is 0 Å². The first-order chi connectivity index (χ1) is 14.4. The molecule has 2 heterocycles. The van der Waals surface area contributed by atoms with Crippen LogP contribution in [0.15, 0.2) is 0 Å². The van der Waals surface area contributed by atoms with Crippen molar-refractivity contribution in [3.63, 3.8) is 0 Å². The van der Waals surface area contributed by atoms with E-state index in [9.17, 15) is 22.8 Å². The molecule has 2 aliphatic heterocycles. The van der Waals surface area contributed by atoms with E-state index in [-0.39, 0.29) is 23.0 Å². The fourth-order valence-electron chi connectivity index (χ4n) is 3.00. The molecule has 0 aromatic rings. The quantitative estimate of drug-likeness (QED) is 0.511. The van der Waals surface area contributed by atoms with Crippen LogP contribution in [0.25, 0.3) is 0 Å². The van der Waals surface area contributed by atoms with Gasteiger partial charge in [0.2, 0.25) is 9.05 Å². The molecule has 12 heteroatoms. The van der Waals surface area contributed by atoms with E-state index in [2.05, 4.69) is 0 Å². The maximum atomic E-state index is 11.7. The van der Waals surface area contributed by atoms with Gasteiger partial charge in [-0.15, -0.1) is 0 Å². The molecule has 9 nitrogen and oxygen atoms in total. The van der Waals surface area contributed by atoms with Crippen molar-refractivity contribution in [1.82, 2.24) is 9.80 Å². The summed E-state index contributed by atoms with van der Waals surface area (Å²) in [4.78, 5) is 37.3. The molecular weight excluding hydrogens is 480 g/mol. The second-order valence-electron chi connectivity index (χ2n) is 9.76. The van der Waals surface area contributed by atoms with Crippen molar-refractivity contribution >= 4 is 48.8 Å². The van der Waals surface area contributed by atoms with Crippen molar-refractivity contribution in [1.29, 1.82) is 0 Å². The lowest BCUT2D eigenvalue weighted by atomic mass is 10.2. The van der Waals surface area contributed by atoms with Gasteiger partial charge in [-0.3, -0.25) is 4.79 Å². The molecule has 32 heavy (non-hydrogen) atoms. The van der Waals surface area contributed by atoms with E-state index in [4.69, 9.17) is 20.2 Å². The van der Waals surface area contributed by atoms with Gasteiger partial charge >= 0.3 is 12.2 Å². The molecule has 0 aromatic heterocycles. The zero-order valence-electron chi connectivity index (χ0n) is 19.8. The van der Waals surface area contributed by atoms with E-state index in [1.807, 2.05) is 20.8 Å². The monoisotopic (exact) mass is 514 g/mol. The summed E-state index contributed by atoms with van der Waals surface area (Å²) in [6.07, 6.45) is 0.462. The van der Waals surface area contributed by atoms with Crippen LogP contribution in [0.2, 0.25) is 0 Å². The molecule has 2 saturated heterocycles. The number of ether oxygens (including phenoxy) is 2. The van der Waals surface area contributed by atoms with Gasteiger partial charge in [-0.25, -0.2) is 18.0 Å². The van der Waals surface area contributed by atoms with Crippen molar-refractivity contribution in [3.05, 3.63) is 0 Å². The van der Waals surface area contributed by atoms with Crippen LogP contribution in [0, 0.1) is 0 Å². The van der Waals surface area contributed by atoms with E-state index in [1.165, 1.54) is 16.7 Å². The SMILES string of the molecule is CC(=O)S[C@@H]1CCN(C(=O)OC(C)(C)C)C1.CC(C)(C)OC(=O)N1CCC(S(=O)(=O)Cl)C1. The second-order valence-corrected chi connectivity index (χ2v) is 14.1. The number of hydrogen-bond donors (Lipinski definition) is 0. The van der Waals surface area contributed by atoms with Crippen molar-refractivity contribution in [2.45, 2.75) is 83.0 Å². The highest BCUT2D eigenvalue weighted by atomic mass is 35.7. The van der Waals surface area contributed by atoms with E-state index in [0.717, 1.165) is 6.42 Å². The molecule has 0 spiro atoms. The third-order valence-electron chi connectivity index (χ3n) is 4.32. The van der Waals surface area contributed by atoms with Gasteiger partial charge in [0.05, 0.1) is 5.25 Å². The minimum absolute atomic E-state index is 0.107. The van der Waals surface area contributed by atoms with Gasteiger partial charge in [-0.2, -0.15) is 0 Å². The summed E-state index contributed by atoms with van der Waals surface area (Å²) in [5.41, 5.74) is -1.03. The Morgan fingerprint density at radius 1 is 0.875 bits per heavy atom. The summed E-state index contributed by atoms with van der Waals surface area (Å²) in [7, 11) is 1.65. The maximum absolute atomic E-state index is 11.7. The molecule has 0 aromatic carbocycles. The predicted molar refractivity (Wildman–Crippen MR) is 125 cm³/mol. The number of halogens is 1. The Morgan fingerprint density at radius 2 is 1.31 bits per heavy atom. The van der Waals surface area contributed by atoms with E-state index < -0.39 is 31.6 Å². The Kier molecular flexibility index (Phi) is 10.2. The molecule has 2 aliphatic rings. The zero-order chi connectivity index (χ0) is 24.9. The smallest absolute Gasteiger partial charge is 0.410 e. The number of amides is 2. The topological polar surface area (TPSA) is 110 Å². The third-order valence-corrected chi connectivity index (χ3v) is 7.31. The van der Waals surface area contributed by atoms with Crippen LogP contribution in [0.4, 0.5) is 9.59 Å². The van der Waals surface area contributed by atoms with Crippen LogP contribution in [0.5, 0.6) is 0 Å². The summed E-state index contributed by atoms with van der Waals surface area (Å²) in [5.74, 6) is 0. The Morgan fingerprint density at radius 3 is 1.69 bits per heavy atom. The van der Waals surface area contributed by atoms with Crippen LogP contribution < -0.4 is 0 Å². The van der Waals surface area contributed by atoms with Gasteiger partial charge in [0.25, 0.3) is 0 Å². The summed E-state index contributed by atoms with van der Waals surface area (Å²) in [6, 6.07) is 0. The first-order valence-electron chi connectivity index (χ1n) is 10.4. The number of nitrogens with zero attached hydrogens (tertiary/aromatic N) is 2. The molecule has 0 N–H and O–H groups in total. The highest BCUT2D eigenvalue weighted by Crippen LogP contribution is 2.24. The Labute approximate surface area is 199 Å². The van der Waals surface area contributed by atoms with Gasteiger partial charge in [0.1, 0.15) is 11.2 Å². The largest absolute Gasteiger partial charge is 0.444 e. The van der Waals surface area contributed by atoms with E-state index >= 15 is 0 Å². The number of rotatable bonds is 2. The number of thioether (sulfide) groups is 1. The molecule has 0 saturated carbocycles. The van der Waals surface area contributed by atoms with Gasteiger partial charge < -0.3 is 19.3 Å². The summed E-state index contributed by atoms with van der Waals surface area (Å²) in [5, 5.41) is -0.345. The van der Waals surface area contributed by atoms with Gasteiger partial charge in [-0.1, -0.05) is 11.8 Å². The molecule has 2 atom stereocenters. The van der Waals surface area contributed by atoms with Crippen LogP contribution in [-0.2, 0) is 23.3 Å². The van der Waals surface area contributed by atoms with Crippen LogP contribution >= 0.6 is 22.4 Å². The van der Waals surface area contributed by atoms with Crippen LogP contribution in [0.3, 0.4) is 0 Å². The number of likely N-dealkylation sites (tertiary alicyclic amines) is 2. The second kappa shape index (κ2) is 11.3. The predicted octanol–water partition coefficient (Wildman–Crippen LogP) is 3.84. The number of carbonyl (C=O) groups is 3. The lowest BCUT2D eigenvalue weighted by Gasteiger charge is -2.24. The molecular formula is C20H35ClN2O7S2. The minimum atomic E-state index is -3.59. The number of carbonyl (C=O) groups excluding carboxylic acids is 3. The molecule has 2 amide bonds. The Hall–Kier alpha value is -1.20. The van der Waals surface area contributed by atoms with Gasteiger partial charge in [0, 0.05) is 49.0 Å². The molecule has 2 rings (SSSR count). The lowest BCUT2D eigenvalue weighted by Crippen LogP contribution is -2.36. The Balaban J connectivity index is 0.000000320. The van der Waals surface area contributed by atoms with Crippen LogP contribution in [-0.4, -0.2) is 83.4 Å². The first-order valence-corrected chi connectivity index (χ1v) is 13.7. The first kappa shape index (κ1) is 28.8. The molecule has 186 valence electrons. The van der Waals surface area contributed by atoms with E-state index in [1.54, 1.807) is 32.6 Å². The van der Waals surface area contributed by atoms with Crippen molar-refractivity contribution < 1.29 is 32.3 Å². The highest BCUT2D eigenvalue weighted by Gasteiger charge is 2.36. The zero-order valence-corrected chi connectivity index (χ0v) is 22.2. The van der Waals surface area contributed by atoms with Crippen molar-refractivity contribution in [2.75, 3.05) is 26.2 Å². The standard InChI is InChI=1S/C11H19NO3S.C9H16ClNO4S/c1-8(13)16-9-5-6-12(7-9)10(14)15-11(2,3)4;1-9(2,3)15-8(12)11-5-4-7(6-11)16(10,13)14/h9H,5-7H2,1-4H3;7H,4-6H2,1-3H3/t9-;/m1./s1. The molecule has 0 bridgehead atoms. The summed E-state index contributed by atoms with van der Waals surface area (Å²) >= 11 is 1.31. The van der Waals surface area contributed by atoms with Gasteiger partial charge in [-0.05, 0) is 54.4 Å². The lowest BCUT2D eigenvalue weighted by molar-refractivity contribution is -0.109. The fourth-order valence-corrected chi connectivity index (χ4v) is 5.13. The molecule has 2 fully saturated rings. The van der Waals surface area contributed by atoms with Gasteiger partial charge in [0.15, 0.2) is 5.12 Å². The fraction of sp³-hybridized carbons (Fsp3) is 0.850. The number of hydrogen-bond acceptors (Lipinski definition) is 8.